The van der Waals surface area contributed by atoms with Gasteiger partial charge >= 0.3 is 6.03 Å². The second kappa shape index (κ2) is 7.57. The van der Waals surface area contributed by atoms with Gasteiger partial charge in [0.15, 0.2) is 5.13 Å². The van der Waals surface area contributed by atoms with Crippen molar-refractivity contribution in [2.45, 2.75) is 39.3 Å². The van der Waals surface area contributed by atoms with E-state index in [0.29, 0.717) is 11.7 Å². The van der Waals surface area contributed by atoms with E-state index in [1.54, 1.807) is 24.9 Å². The number of nitrogens with one attached hydrogen (secondary N) is 1. The van der Waals surface area contributed by atoms with Crippen molar-refractivity contribution in [3.8, 4) is 0 Å². The number of aryl methyl sites for hydroxylation is 1. The van der Waals surface area contributed by atoms with Crippen LogP contribution in [0, 0.1) is 0 Å². The number of nitrogens with zero attached hydrogens (tertiary/aromatic N) is 2. The maximum atomic E-state index is 12.6. The van der Waals surface area contributed by atoms with Gasteiger partial charge in [-0.3, -0.25) is 5.32 Å². The van der Waals surface area contributed by atoms with Crippen LogP contribution in [0.5, 0.6) is 0 Å². The molecule has 2 N–H and O–H groups in total. The summed E-state index contributed by atoms with van der Waals surface area (Å²) in [4.78, 5) is 19.5. The number of hydrogen-bond acceptors (Lipinski definition) is 4. The summed E-state index contributed by atoms with van der Waals surface area (Å²) in [5.74, 6) is 0. The minimum Gasteiger partial charge on any atom is -0.389 e. The summed E-state index contributed by atoms with van der Waals surface area (Å²) in [6.07, 6.45) is 2.67. The zero-order chi connectivity index (χ0) is 16.9. The average Bonchev–Trinajstić information content (AvgIpc) is 2.94. The molecule has 0 bridgehead atoms. The molecule has 0 unspecified atom stereocenters. The highest BCUT2D eigenvalue weighted by atomic mass is 32.1. The SMILES string of the molecule is CCc1cnc(NC(=O)N(Cc2ccccc2)CC(C)(C)O)s1. The van der Waals surface area contributed by atoms with Crippen LogP contribution in [-0.4, -0.2) is 33.2 Å². The molecule has 2 aromatic rings. The summed E-state index contributed by atoms with van der Waals surface area (Å²) in [6, 6.07) is 9.47. The quantitative estimate of drug-likeness (QED) is 0.850. The Morgan fingerprint density at radius 3 is 2.61 bits per heavy atom. The molecule has 1 heterocycles. The summed E-state index contributed by atoms with van der Waals surface area (Å²) in [5.41, 5.74) is 0.0455. The number of thiazole rings is 1. The summed E-state index contributed by atoms with van der Waals surface area (Å²) in [5, 5.41) is 13.5. The van der Waals surface area contributed by atoms with E-state index in [9.17, 15) is 9.90 Å². The lowest BCUT2D eigenvalue weighted by Gasteiger charge is -2.29. The molecule has 0 fully saturated rings. The molecule has 1 aromatic heterocycles. The van der Waals surface area contributed by atoms with Gasteiger partial charge in [-0.1, -0.05) is 37.3 Å². The highest BCUT2D eigenvalue weighted by Crippen LogP contribution is 2.19. The molecular weight excluding hydrogens is 310 g/mol. The molecular formula is C17H23N3O2S. The fourth-order valence-electron chi connectivity index (χ4n) is 2.17. The van der Waals surface area contributed by atoms with Gasteiger partial charge in [0.25, 0.3) is 0 Å². The topological polar surface area (TPSA) is 65.5 Å². The third kappa shape index (κ3) is 5.65. The average molecular weight is 333 g/mol. The standard InChI is InChI=1S/C17H23N3O2S/c1-4-14-10-18-15(23-14)19-16(21)20(12-17(2,3)22)11-13-8-6-5-7-9-13/h5-10,22H,4,11-12H2,1-3H3,(H,18,19,21). The number of carbonyl (C=O) groups excluding carboxylic acids is 1. The van der Waals surface area contributed by atoms with Gasteiger partial charge in [0.1, 0.15) is 0 Å². The lowest BCUT2D eigenvalue weighted by atomic mass is 10.1. The van der Waals surface area contributed by atoms with Crippen LogP contribution in [0.25, 0.3) is 0 Å². The van der Waals surface area contributed by atoms with Crippen molar-refractivity contribution in [1.29, 1.82) is 0 Å². The number of carbonyl (C=O) groups is 1. The Morgan fingerprint density at radius 2 is 2.04 bits per heavy atom. The predicted molar refractivity (Wildman–Crippen MR) is 93.7 cm³/mol. The smallest absolute Gasteiger partial charge is 0.324 e. The molecule has 0 radical (unpaired) electrons. The first-order valence-corrected chi connectivity index (χ1v) is 8.46. The molecule has 23 heavy (non-hydrogen) atoms. The first kappa shape index (κ1) is 17.4. The fourth-order valence-corrected chi connectivity index (χ4v) is 2.91. The van der Waals surface area contributed by atoms with Crippen LogP contribution in [0.15, 0.2) is 36.5 Å². The first-order chi connectivity index (χ1) is 10.9. The molecule has 0 atom stereocenters. The zero-order valence-corrected chi connectivity index (χ0v) is 14.6. The third-order valence-electron chi connectivity index (χ3n) is 3.20. The summed E-state index contributed by atoms with van der Waals surface area (Å²) >= 11 is 1.47. The molecule has 0 aliphatic heterocycles. The Bertz CT molecular complexity index is 635. The number of urea groups is 1. The summed E-state index contributed by atoms with van der Waals surface area (Å²) < 4.78 is 0. The lowest BCUT2D eigenvalue weighted by Crippen LogP contribution is -2.43. The van der Waals surface area contributed by atoms with Crippen molar-refractivity contribution in [3.63, 3.8) is 0 Å². The number of anilines is 1. The van der Waals surface area contributed by atoms with Gasteiger partial charge in [0.2, 0.25) is 0 Å². The van der Waals surface area contributed by atoms with Crippen molar-refractivity contribution in [1.82, 2.24) is 9.88 Å². The van der Waals surface area contributed by atoms with E-state index in [1.165, 1.54) is 11.3 Å². The van der Waals surface area contributed by atoms with Crippen molar-refractivity contribution >= 4 is 22.5 Å². The zero-order valence-electron chi connectivity index (χ0n) is 13.7. The lowest BCUT2D eigenvalue weighted by molar-refractivity contribution is 0.0469. The van der Waals surface area contributed by atoms with Crippen LogP contribution in [0.1, 0.15) is 31.2 Å². The van der Waals surface area contributed by atoms with Gasteiger partial charge in [-0.2, -0.15) is 0 Å². The molecule has 1 aromatic carbocycles. The number of rotatable bonds is 6. The minimum absolute atomic E-state index is 0.236. The van der Waals surface area contributed by atoms with Crippen LogP contribution in [0.2, 0.25) is 0 Å². The van der Waals surface area contributed by atoms with Crippen LogP contribution in [0.4, 0.5) is 9.93 Å². The maximum absolute atomic E-state index is 12.6. The minimum atomic E-state index is -0.969. The van der Waals surface area contributed by atoms with Crippen molar-refractivity contribution in [2.75, 3.05) is 11.9 Å². The van der Waals surface area contributed by atoms with E-state index in [4.69, 9.17) is 0 Å². The third-order valence-corrected chi connectivity index (χ3v) is 4.25. The molecule has 2 amide bonds. The molecule has 5 nitrogen and oxygen atoms in total. The second-order valence-corrected chi connectivity index (χ2v) is 7.18. The van der Waals surface area contributed by atoms with E-state index in [2.05, 4.69) is 17.2 Å². The highest BCUT2D eigenvalue weighted by Gasteiger charge is 2.23. The number of aliphatic hydroxyl groups is 1. The highest BCUT2D eigenvalue weighted by molar-refractivity contribution is 7.15. The van der Waals surface area contributed by atoms with Crippen molar-refractivity contribution < 1.29 is 9.90 Å². The van der Waals surface area contributed by atoms with Crippen LogP contribution >= 0.6 is 11.3 Å². The number of benzene rings is 1. The van der Waals surface area contributed by atoms with Crippen molar-refractivity contribution in [2.24, 2.45) is 0 Å². The first-order valence-electron chi connectivity index (χ1n) is 7.64. The fraction of sp³-hybridized carbons (Fsp3) is 0.412. The Hall–Kier alpha value is -1.92. The van der Waals surface area contributed by atoms with E-state index < -0.39 is 5.60 Å². The monoisotopic (exact) mass is 333 g/mol. The van der Waals surface area contributed by atoms with E-state index >= 15 is 0 Å². The van der Waals surface area contributed by atoms with Gasteiger partial charge in [-0.15, -0.1) is 11.3 Å². The van der Waals surface area contributed by atoms with Crippen LogP contribution < -0.4 is 5.32 Å². The summed E-state index contributed by atoms with van der Waals surface area (Å²) in [6.45, 7) is 6.10. The number of hydrogen-bond donors (Lipinski definition) is 2. The maximum Gasteiger partial charge on any atom is 0.324 e. The number of amides is 2. The molecule has 0 saturated heterocycles. The van der Waals surface area contributed by atoms with Crippen molar-refractivity contribution in [3.05, 3.63) is 47.0 Å². The molecule has 2 rings (SSSR count). The molecule has 0 aliphatic rings. The Morgan fingerprint density at radius 1 is 1.35 bits per heavy atom. The largest absolute Gasteiger partial charge is 0.389 e. The molecule has 0 saturated carbocycles. The molecule has 0 aliphatic carbocycles. The molecule has 124 valence electrons. The van der Waals surface area contributed by atoms with Gasteiger partial charge in [0, 0.05) is 17.6 Å². The second-order valence-electron chi connectivity index (χ2n) is 6.07. The molecule has 6 heteroatoms. The molecule has 0 spiro atoms. The Kier molecular flexibility index (Phi) is 5.74. The Balaban J connectivity index is 2.10. The van der Waals surface area contributed by atoms with Crippen LogP contribution in [0.3, 0.4) is 0 Å². The summed E-state index contributed by atoms with van der Waals surface area (Å²) in [7, 11) is 0. The van der Waals surface area contributed by atoms with E-state index in [-0.39, 0.29) is 12.6 Å². The van der Waals surface area contributed by atoms with Gasteiger partial charge < -0.3 is 10.0 Å². The van der Waals surface area contributed by atoms with Crippen LogP contribution in [-0.2, 0) is 13.0 Å². The van der Waals surface area contributed by atoms with E-state index in [0.717, 1.165) is 16.9 Å². The number of aromatic nitrogens is 1. The van der Waals surface area contributed by atoms with Gasteiger partial charge in [-0.05, 0) is 25.8 Å². The predicted octanol–water partition coefficient (Wildman–Crippen LogP) is 3.51. The van der Waals surface area contributed by atoms with Gasteiger partial charge in [0.05, 0.1) is 12.1 Å². The van der Waals surface area contributed by atoms with E-state index in [1.807, 2.05) is 30.3 Å². The normalized spacial score (nSPS) is 11.3. The van der Waals surface area contributed by atoms with Gasteiger partial charge in [-0.25, -0.2) is 9.78 Å². The Labute approximate surface area is 141 Å².